The quantitative estimate of drug-likeness (QED) is 0.492. The lowest BCUT2D eigenvalue weighted by molar-refractivity contribution is -0.119. The first-order valence-electron chi connectivity index (χ1n) is 7.92. The molecule has 0 aromatic rings. The van der Waals surface area contributed by atoms with Gasteiger partial charge in [-0.1, -0.05) is 65.7 Å². The number of hydrogen-bond acceptors (Lipinski definition) is 2. The van der Waals surface area contributed by atoms with Crippen LogP contribution in [0.15, 0.2) is 0 Å². The van der Waals surface area contributed by atoms with Gasteiger partial charge in [-0.25, -0.2) is 0 Å². The average molecular weight is 255 g/mol. The SMILES string of the molecule is CCCCCCCCCCC(=O)CCNC(C)C. The average Bonchev–Trinajstić information content (AvgIpc) is 2.32. The summed E-state index contributed by atoms with van der Waals surface area (Å²) in [5.74, 6) is 0.425. The summed E-state index contributed by atoms with van der Waals surface area (Å²) < 4.78 is 0. The Labute approximate surface area is 114 Å². The third-order valence-corrected chi connectivity index (χ3v) is 3.27. The second kappa shape index (κ2) is 13.1. The Hall–Kier alpha value is -0.370. The van der Waals surface area contributed by atoms with Gasteiger partial charge in [0.15, 0.2) is 0 Å². The molecule has 0 aliphatic rings. The fraction of sp³-hybridized carbons (Fsp3) is 0.938. The first kappa shape index (κ1) is 17.6. The van der Waals surface area contributed by atoms with Crippen LogP contribution in [0.3, 0.4) is 0 Å². The predicted molar refractivity (Wildman–Crippen MR) is 80.0 cm³/mol. The van der Waals surface area contributed by atoms with Crippen LogP contribution in [-0.2, 0) is 4.79 Å². The van der Waals surface area contributed by atoms with Gasteiger partial charge in [0.25, 0.3) is 0 Å². The van der Waals surface area contributed by atoms with E-state index in [0.29, 0.717) is 18.2 Å². The van der Waals surface area contributed by atoms with Crippen molar-refractivity contribution in [2.75, 3.05) is 6.54 Å². The van der Waals surface area contributed by atoms with Crippen LogP contribution in [-0.4, -0.2) is 18.4 Å². The van der Waals surface area contributed by atoms with Crippen molar-refractivity contribution in [2.45, 2.75) is 91.0 Å². The van der Waals surface area contributed by atoms with Crippen LogP contribution in [0.25, 0.3) is 0 Å². The highest BCUT2D eigenvalue weighted by atomic mass is 16.1. The highest BCUT2D eigenvalue weighted by Gasteiger charge is 2.02. The number of carbonyl (C=O) groups excluding carboxylic acids is 1. The number of unbranched alkanes of at least 4 members (excludes halogenated alkanes) is 7. The maximum atomic E-state index is 11.6. The van der Waals surface area contributed by atoms with E-state index in [0.717, 1.165) is 19.4 Å². The van der Waals surface area contributed by atoms with Crippen molar-refractivity contribution >= 4 is 5.78 Å². The van der Waals surface area contributed by atoms with Crippen LogP contribution in [0.4, 0.5) is 0 Å². The molecule has 0 spiro atoms. The van der Waals surface area contributed by atoms with Crippen molar-refractivity contribution in [2.24, 2.45) is 0 Å². The molecular weight excluding hydrogens is 222 g/mol. The Morgan fingerprint density at radius 3 is 2.00 bits per heavy atom. The molecule has 18 heavy (non-hydrogen) atoms. The molecule has 0 saturated carbocycles. The second-order valence-corrected chi connectivity index (χ2v) is 5.62. The molecule has 0 bridgehead atoms. The molecular formula is C16H33NO. The van der Waals surface area contributed by atoms with Gasteiger partial charge in [0.1, 0.15) is 5.78 Å². The van der Waals surface area contributed by atoms with Gasteiger partial charge in [-0.05, 0) is 6.42 Å². The smallest absolute Gasteiger partial charge is 0.134 e. The molecule has 1 N–H and O–H groups in total. The molecule has 108 valence electrons. The molecule has 0 amide bonds. The predicted octanol–water partition coefficient (Wildman–Crippen LogP) is 4.47. The monoisotopic (exact) mass is 255 g/mol. The molecule has 0 radical (unpaired) electrons. The van der Waals surface area contributed by atoms with Crippen LogP contribution < -0.4 is 5.32 Å². The van der Waals surface area contributed by atoms with E-state index in [1.165, 1.54) is 44.9 Å². The molecule has 0 aromatic carbocycles. The van der Waals surface area contributed by atoms with Crippen molar-refractivity contribution in [3.63, 3.8) is 0 Å². The first-order chi connectivity index (χ1) is 8.66. The fourth-order valence-electron chi connectivity index (χ4n) is 2.08. The zero-order chi connectivity index (χ0) is 13.6. The Bertz CT molecular complexity index is 190. The van der Waals surface area contributed by atoms with Crippen LogP contribution in [0.5, 0.6) is 0 Å². The van der Waals surface area contributed by atoms with E-state index in [1.807, 2.05) is 0 Å². The van der Waals surface area contributed by atoms with Gasteiger partial charge in [0.05, 0.1) is 0 Å². The zero-order valence-corrected chi connectivity index (χ0v) is 12.8. The topological polar surface area (TPSA) is 29.1 Å². The minimum Gasteiger partial charge on any atom is -0.314 e. The normalized spacial score (nSPS) is 11.1. The van der Waals surface area contributed by atoms with Gasteiger partial charge in [-0.3, -0.25) is 4.79 Å². The van der Waals surface area contributed by atoms with E-state index in [1.54, 1.807) is 0 Å². The number of nitrogens with one attached hydrogen (secondary N) is 1. The van der Waals surface area contributed by atoms with E-state index >= 15 is 0 Å². The molecule has 0 atom stereocenters. The maximum Gasteiger partial charge on any atom is 0.134 e. The maximum absolute atomic E-state index is 11.6. The van der Waals surface area contributed by atoms with E-state index in [2.05, 4.69) is 26.1 Å². The van der Waals surface area contributed by atoms with Crippen LogP contribution in [0.2, 0.25) is 0 Å². The second-order valence-electron chi connectivity index (χ2n) is 5.62. The summed E-state index contributed by atoms with van der Waals surface area (Å²) in [5, 5.41) is 3.29. The Kier molecular flexibility index (Phi) is 12.8. The van der Waals surface area contributed by atoms with Crippen molar-refractivity contribution in [3.05, 3.63) is 0 Å². The molecule has 0 aliphatic heterocycles. The third kappa shape index (κ3) is 13.7. The summed E-state index contributed by atoms with van der Waals surface area (Å²) in [4.78, 5) is 11.6. The molecule has 2 heteroatoms. The standard InChI is InChI=1S/C16H33NO/c1-4-5-6-7-8-9-10-11-12-16(18)13-14-17-15(2)3/h15,17H,4-14H2,1-3H3. The van der Waals surface area contributed by atoms with Crippen molar-refractivity contribution in [3.8, 4) is 0 Å². The molecule has 0 rings (SSSR count). The largest absolute Gasteiger partial charge is 0.314 e. The lowest BCUT2D eigenvalue weighted by Gasteiger charge is -2.07. The van der Waals surface area contributed by atoms with Crippen molar-refractivity contribution in [1.29, 1.82) is 0 Å². The van der Waals surface area contributed by atoms with E-state index < -0.39 is 0 Å². The minimum absolute atomic E-state index is 0.425. The summed E-state index contributed by atoms with van der Waals surface area (Å²) in [6, 6.07) is 0.487. The zero-order valence-electron chi connectivity index (χ0n) is 12.8. The fourth-order valence-corrected chi connectivity index (χ4v) is 2.08. The van der Waals surface area contributed by atoms with Crippen molar-refractivity contribution in [1.82, 2.24) is 5.32 Å². The van der Waals surface area contributed by atoms with Gasteiger partial charge in [0.2, 0.25) is 0 Å². The first-order valence-corrected chi connectivity index (χ1v) is 7.92. The summed E-state index contributed by atoms with van der Waals surface area (Å²) in [6.07, 6.45) is 11.9. The van der Waals surface area contributed by atoms with Crippen LogP contribution in [0.1, 0.15) is 85.0 Å². The number of Topliss-reactive ketones (excluding diaryl/α,β-unsaturated/α-hetero) is 1. The Morgan fingerprint density at radius 1 is 0.889 bits per heavy atom. The van der Waals surface area contributed by atoms with Gasteiger partial charge < -0.3 is 5.32 Å². The lowest BCUT2D eigenvalue weighted by atomic mass is 10.1. The molecule has 0 fully saturated rings. The highest BCUT2D eigenvalue weighted by molar-refractivity contribution is 5.78. The van der Waals surface area contributed by atoms with Gasteiger partial charge >= 0.3 is 0 Å². The number of carbonyl (C=O) groups is 1. The molecule has 0 saturated heterocycles. The highest BCUT2D eigenvalue weighted by Crippen LogP contribution is 2.10. The van der Waals surface area contributed by atoms with Crippen LogP contribution >= 0.6 is 0 Å². The minimum atomic E-state index is 0.425. The third-order valence-electron chi connectivity index (χ3n) is 3.27. The Morgan fingerprint density at radius 2 is 1.44 bits per heavy atom. The van der Waals surface area contributed by atoms with E-state index in [9.17, 15) is 4.79 Å². The molecule has 0 heterocycles. The lowest BCUT2D eigenvalue weighted by Crippen LogP contribution is -2.25. The van der Waals surface area contributed by atoms with E-state index in [-0.39, 0.29) is 0 Å². The summed E-state index contributed by atoms with van der Waals surface area (Å²) in [7, 11) is 0. The molecule has 0 aliphatic carbocycles. The van der Waals surface area contributed by atoms with Gasteiger partial charge in [-0.2, -0.15) is 0 Å². The number of hydrogen-bond donors (Lipinski definition) is 1. The van der Waals surface area contributed by atoms with Crippen LogP contribution in [0, 0.1) is 0 Å². The number of rotatable bonds is 13. The van der Waals surface area contributed by atoms with E-state index in [4.69, 9.17) is 0 Å². The van der Waals surface area contributed by atoms with Gasteiger partial charge in [-0.15, -0.1) is 0 Å². The van der Waals surface area contributed by atoms with Gasteiger partial charge in [0, 0.05) is 25.4 Å². The molecule has 0 aromatic heterocycles. The molecule has 0 unspecified atom stereocenters. The number of ketones is 1. The summed E-state index contributed by atoms with van der Waals surface area (Å²) in [6.45, 7) is 7.32. The Balaban J connectivity index is 3.15. The molecule has 2 nitrogen and oxygen atoms in total. The van der Waals surface area contributed by atoms with Crippen molar-refractivity contribution < 1.29 is 4.79 Å². The summed E-state index contributed by atoms with van der Waals surface area (Å²) in [5.41, 5.74) is 0. The summed E-state index contributed by atoms with van der Waals surface area (Å²) >= 11 is 0.